The van der Waals surface area contributed by atoms with Crippen LogP contribution in [0.5, 0.6) is 0 Å². The maximum Gasteiger partial charge on any atom is 0.0470 e. The van der Waals surface area contributed by atoms with Gasteiger partial charge >= 0.3 is 0 Å². The molecule has 1 aromatic rings. The fourth-order valence-electron chi connectivity index (χ4n) is 3.70. The van der Waals surface area contributed by atoms with Gasteiger partial charge in [-0.3, -0.25) is 4.90 Å². The third kappa shape index (κ3) is 3.47. The Morgan fingerprint density at radius 1 is 1.33 bits per heavy atom. The Hall–Kier alpha value is -0.900. The quantitative estimate of drug-likeness (QED) is 0.903. The number of hydrogen-bond donors (Lipinski definition) is 1. The number of nitrogens with zero attached hydrogens (tertiary/aromatic N) is 2. The summed E-state index contributed by atoms with van der Waals surface area (Å²) in [5.74, 6) is 0.814. The summed E-state index contributed by atoms with van der Waals surface area (Å²) in [6.07, 6.45) is 5.31. The summed E-state index contributed by atoms with van der Waals surface area (Å²) in [5.41, 5.74) is 9.05. The van der Waals surface area contributed by atoms with Crippen molar-refractivity contribution in [2.24, 2.45) is 5.73 Å². The number of benzene rings is 1. The topological polar surface area (TPSA) is 32.5 Å². The van der Waals surface area contributed by atoms with Crippen LogP contribution >= 0.6 is 0 Å². The van der Waals surface area contributed by atoms with Crippen LogP contribution in [0.3, 0.4) is 0 Å². The molecule has 1 saturated heterocycles. The van der Waals surface area contributed by atoms with Crippen LogP contribution < -0.4 is 5.73 Å². The second-order valence-corrected chi connectivity index (χ2v) is 6.92. The van der Waals surface area contributed by atoms with Gasteiger partial charge in [0.05, 0.1) is 0 Å². The average Bonchev–Trinajstić information content (AvgIpc) is 3.33. The number of likely N-dealkylation sites (tertiary alicyclic amines) is 1. The summed E-state index contributed by atoms with van der Waals surface area (Å²) in [6, 6.07) is 10.1. The van der Waals surface area contributed by atoms with Crippen molar-refractivity contribution in [2.75, 3.05) is 33.7 Å². The van der Waals surface area contributed by atoms with E-state index in [1.807, 2.05) is 0 Å². The van der Waals surface area contributed by atoms with Crippen LogP contribution in [-0.2, 0) is 0 Å². The molecule has 2 N–H and O–H groups in total. The molecule has 116 valence electrons. The number of piperidine rings is 1. The van der Waals surface area contributed by atoms with Crippen molar-refractivity contribution >= 4 is 0 Å². The van der Waals surface area contributed by atoms with Crippen molar-refractivity contribution in [1.29, 1.82) is 0 Å². The molecule has 0 amide bonds. The number of hydrogen-bond acceptors (Lipinski definition) is 3. The van der Waals surface area contributed by atoms with Crippen LogP contribution in [0.25, 0.3) is 0 Å². The zero-order valence-electron chi connectivity index (χ0n) is 13.5. The van der Waals surface area contributed by atoms with Gasteiger partial charge in [0.2, 0.25) is 0 Å². The first-order valence-corrected chi connectivity index (χ1v) is 8.39. The van der Waals surface area contributed by atoms with Crippen molar-refractivity contribution in [3.8, 4) is 0 Å². The maximum absolute atomic E-state index is 6.13. The Balaban J connectivity index is 1.75. The van der Waals surface area contributed by atoms with Crippen LogP contribution in [0.1, 0.15) is 48.8 Å². The van der Waals surface area contributed by atoms with Crippen molar-refractivity contribution in [1.82, 2.24) is 9.80 Å². The molecule has 0 radical (unpaired) electrons. The lowest BCUT2D eigenvalue weighted by Crippen LogP contribution is -2.47. The third-order valence-electron chi connectivity index (χ3n) is 5.23. The highest BCUT2D eigenvalue weighted by atomic mass is 15.2. The van der Waals surface area contributed by atoms with Gasteiger partial charge in [0, 0.05) is 25.2 Å². The molecular formula is C18H29N3. The first-order chi connectivity index (χ1) is 10.2. The van der Waals surface area contributed by atoms with E-state index in [-0.39, 0.29) is 0 Å². The summed E-state index contributed by atoms with van der Waals surface area (Å²) >= 11 is 0. The molecule has 3 heteroatoms. The molecule has 1 saturated carbocycles. The maximum atomic E-state index is 6.13. The Bertz CT molecular complexity index is 469. The Morgan fingerprint density at radius 3 is 2.81 bits per heavy atom. The summed E-state index contributed by atoms with van der Waals surface area (Å²) in [7, 11) is 4.48. The van der Waals surface area contributed by atoms with Gasteiger partial charge in [0.25, 0.3) is 0 Å². The van der Waals surface area contributed by atoms with E-state index in [0.717, 1.165) is 12.5 Å². The van der Waals surface area contributed by atoms with E-state index in [2.05, 4.69) is 48.2 Å². The van der Waals surface area contributed by atoms with Crippen LogP contribution in [0.4, 0.5) is 0 Å². The predicted octanol–water partition coefficient (Wildman–Crippen LogP) is 2.59. The zero-order chi connectivity index (χ0) is 14.8. The molecule has 0 aromatic heterocycles. The summed E-state index contributed by atoms with van der Waals surface area (Å²) in [4.78, 5) is 4.96. The van der Waals surface area contributed by atoms with Crippen LogP contribution in [0.15, 0.2) is 24.3 Å². The average molecular weight is 287 g/mol. The molecule has 21 heavy (non-hydrogen) atoms. The Kier molecular flexibility index (Phi) is 4.63. The molecule has 2 fully saturated rings. The standard InChI is InChI=1S/C18H29N3/c1-20-10-4-7-17(13-20)21(2)18(12-19)16-6-3-5-15(11-16)14-8-9-14/h3,5-6,11,14,17-18H,4,7-10,12-13,19H2,1-2H3. The second-order valence-electron chi connectivity index (χ2n) is 6.92. The van der Waals surface area contributed by atoms with E-state index < -0.39 is 0 Å². The van der Waals surface area contributed by atoms with Crippen molar-refractivity contribution in [3.63, 3.8) is 0 Å². The van der Waals surface area contributed by atoms with Crippen LogP contribution in [0, 0.1) is 0 Å². The van der Waals surface area contributed by atoms with Crippen LogP contribution in [-0.4, -0.2) is 49.6 Å². The van der Waals surface area contributed by atoms with E-state index in [4.69, 9.17) is 5.73 Å². The van der Waals surface area contributed by atoms with Gasteiger partial charge in [-0.05, 0) is 63.4 Å². The van der Waals surface area contributed by atoms with Gasteiger partial charge in [-0.15, -0.1) is 0 Å². The molecule has 2 atom stereocenters. The minimum absolute atomic E-state index is 0.347. The summed E-state index contributed by atoms with van der Waals surface area (Å²) < 4.78 is 0. The summed E-state index contributed by atoms with van der Waals surface area (Å²) in [6.45, 7) is 3.09. The molecule has 2 aliphatic rings. The molecular weight excluding hydrogens is 258 g/mol. The molecule has 3 nitrogen and oxygen atoms in total. The predicted molar refractivity (Wildman–Crippen MR) is 88.5 cm³/mol. The lowest BCUT2D eigenvalue weighted by atomic mass is 9.97. The smallest absolute Gasteiger partial charge is 0.0470 e. The molecule has 3 rings (SSSR count). The molecule has 2 unspecified atom stereocenters. The Morgan fingerprint density at radius 2 is 2.14 bits per heavy atom. The SMILES string of the molecule is CN1CCCC(N(C)C(CN)c2cccc(C3CC3)c2)C1. The minimum Gasteiger partial charge on any atom is -0.329 e. The molecule has 0 bridgehead atoms. The number of likely N-dealkylation sites (N-methyl/N-ethyl adjacent to an activating group) is 2. The first-order valence-electron chi connectivity index (χ1n) is 8.39. The Labute approximate surface area is 129 Å². The first kappa shape index (κ1) is 15.0. The molecule has 0 spiro atoms. The van der Waals surface area contributed by atoms with E-state index in [9.17, 15) is 0 Å². The van der Waals surface area contributed by atoms with E-state index in [0.29, 0.717) is 18.6 Å². The summed E-state index contributed by atoms with van der Waals surface area (Å²) in [5, 5.41) is 0. The van der Waals surface area contributed by atoms with Gasteiger partial charge in [-0.2, -0.15) is 0 Å². The largest absolute Gasteiger partial charge is 0.329 e. The van der Waals surface area contributed by atoms with Gasteiger partial charge in [0.1, 0.15) is 0 Å². The molecule has 1 aliphatic heterocycles. The lowest BCUT2D eigenvalue weighted by Gasteiger charge is -2.40. The zero-order valence-corrected chi connectivity index (χ0v) is 13.5. The number of nitrogens with two attached hydrogens (primary N) is 1. The molecule has 1 aromatic carbocycles. The third-order valence-corrected chi connectivity index (χ3v) is 5.23. The van der Waals surface area contributed by atoms with Gasteiger partial charge in [-0.25, -0.2) is 0 Å². The second kappa shape index (κ2) is 6.47. The van der Waals surface area contributed by atoms with E-state index >= 15 is 0 Å². The monoisotopic (exact) mass is 287 g/mol. The van der Waals surface area contributed by atoms with Gasteiger partial charge in [-0.1, -0.05) is 24.3 Å². The normalized spacial score (nSPS) is 25.2. The van der Waals surface area contributed by atoms with Crippen molar-refractivity contribution < 1.29 is 0 Å². The fraction of sp³-hybridized carbons (Fsp3) is 0.667. The lowest BCUT2D eigenvalue weighted by molar-refractivity contribution is 0.101. The fourth-order valence-corrected chi connectivity index (χ4v) is 3.70. The van der Waals surface area contributed by atoms with Crippen molar-refractivity contribution in [2.45, 2.75) is 43.7 Å². The van der Waals surface area contributed by atoms with E-state index in [1.165, 1.54) is 43.4 Å². The van der Waals surface area contributed by atoms with Gasteiger partial charge in [0.15, 0.2) is 0 Å². The molecule has 1 heterocycles. The van der Waals surface area contributed by atoms with E-state index in [1.54, 1.807) is 0 Å². The molecule has 1 aliphatic carbocycles. The van der Waals surface area contributed by atoms with Crippen LogP contribution in [0.2, 0.25) is 0 Å². The highest BCUT2D eigenvalue weighted by molar-refractivity contribution is 5.31. The minimum atomic E-state index is 0.347. The highest BCUT2D eigenvalue weighted by Crippen LogP contribution is 2.40. The highest BCUT2D eigenvalue weighted by Gasteiger charge is 2.28. The van der Waals surface area contributed by atoms with Gasteiger partial charge < -0.3 is 10.6 Å². The number of rotatable bonds is 5. The van der Waals surface area contributed by atoms with Crippen molar-refractivity contribution in [3.05, 3.63) is 35.4 Å².